The first-order valence-electron chi connectivity index (χ1n) is 13.1. The van der Waals surface area contributed by atoms with E-state index in [9.17, 15) is 19.2 Å². The number of urea groups is 2. The minimum atomic E-state index is -2.19. The number of carbonyl (C=O) groups excluding carboxylic acids is 4. The summed E-state index contributed by atoms with van der Waals surface area (Å²) in [7, 11) is 3.00. The Hall–Kier alpha value is -4.48. The van der Waals surface area contributed by atoms with Crippen molar-refractivity contribution < 1.29 is 38.1 Å². The zero-order valence-electron chi connectivity index (χ0n) is 22.8. The Morgan fingerprint density at radius 3 is 1.40 bits per heavy atom. The van der Waals surface area contributed by atoms with E-state index in [2.05, 4.69) is 0 Å². The van der Waals surface area contributed by atoms with Crippen LogP contribution in [0.1, 0.15) is 36.1 Å². The number of hydrogen-bond acceptors (Lipinski definition) is 8. The van der Waals surface area contributed by atoms with Gasteiger partial charge in [0.25, 0.3) is 11.3 Å². The van der Waals surface area contributed by atoms with E-state index in [-0.39, 0.29) is 39.4 Å². The summed E-state index contributed by atoms with van der Waals surface area (Å²) in [6.07, 6.45) is 0. The molecule has 4 heterocycles. The topological polar surface area (TPSA) is 118 Å². The Morgan fingerprint density at radius 1 is 0.675 bits per heavy atom. The molecule has 2 aromatic rings. The number of fused-ring (bicyclic) bond motifs is 2. The standard InChI is InChI=1S/C28H30N4O8/c1-5-39-23(33)27-28(24(34)40-6-2)31-15-19-20(22(38-4)12-11-21(19)37-3)16-32(28)26(36)30(27)14-18-10-8-7-9-17(18)13-29(27)25(31)35/h7-12H,5-6,13-16H2,1-4H3. The molecule has 210 valence electrons. The first-order chi connectivity index (χ1) is 19.3. The van der Waals surface area contributed by atoms with E-state index in [0.29, 0.717) is 22.6 Å². The van der Waals surface area contributed by atoms with E-state index in [0.717, 1.165) is 11.1 Å². The summed E-state index contributed by atoms with van der Waals surface area (Å²) >= 11 is 0. The Bertz CT molecular complexity index is 1360. The van der Waals surface area contributed by atoms with E-state index in [1.54, 1.807) is 26.0 Å². The van der Waals surface area contributed by atoms with Crippen molar-refractivity contribution >= 4 is 24.0 Å². The highest BCUT2D eigenvalue weighted by atomic mass is 16.6. The lowest BCUT2D eigenvalue weighted by molar-refractivity contribution is -0.191. The van der Waals surface area contributed by atoms with Gasteiger partial charge in [-0.15, -0.1) is 0 Å². The second kappa shape index (κ2) is 9.04. The minimum Gasteiger partial charge on any atom is -0.496 e. The zero-order valence-corrected chi connectivity index (χ0v) is 22.8. The van der Waals surface area contributed by atoms with Crippen molar-refractivity contribution in [2.75, 3.05) is 27.4 Å². The molecule has 0 saturated carbocycles. The number of carbonyl (C=O) groups is 4. The van der Waals surface area contributed by atoms with Crippen LogP contribution in [0.2, 0.25) is 0 Å². The largest absolute Gasteiger partial charge is 0.496 e. The van der Waals surface area contributed by atoms with Crippen LogP contribution in [0.15, 0.2) is 36.4 Å². The van der Waals surface area contributed by atoms with Crippen LogP contribution >= 0.6 is 0 Å². The fourth-order valence-electron chi connectivity index (χ4n) is 6.71. The summed E-state index contributed by atoms with van der Waals surface area (Å²) in [5.74, 6) is -0.879. The molecule has 0 bridgehead atoms. The monoisotopic (exact) mass is 550 g/mol. The highest BCUT2D eigenvalue weighted by Crippen LogP contribution is 2.58. The summed E-state index contributed by atoms with van der Waals surface area (Å²) in [6, 6.07) is 9.52. The SMILES string of the molecule is CCOC(=O)C12N3Cc4ccccc4CN1C(=O)N1Cc4c(OC)ccc(OC)c4CN(C3=O)C12C(=O)OCC. The summed E-state index contributed by atoms with van der Waals surface area (Å²) in [5.41, 5.74) is -1.73. The molecule has 4 aliphatic heterocycles. The van der Waals surface area contributed by atoms with Crippen molar-refractivity contribution in [2.45, 2.75) is 51.4 Å². The lowest BCUT2D eigenvalue weighted by atomic mass is 9.90. The summed E-state index contributed by atoms with van der Waals surface area (Å²) in [5, 5.41) is 0. The Labute approximate surface area is 230 Å². The number of esters is 2. The molecule has 4 amide bonds. The molecule has 40 heavy (non-hydrogen) atoms. The quantitative estimate of drug-likeness (QED) is 0.504. The number of amides is 4. The highest BCUT2D eigenvalue weighted by Gasteiger charge is 2.87. The van der Waals surface area contributed by atoms with Gasteiger partial charge in [-0.3, -0.25) is 19.6 Å². The fourth-order valence-corrected chi connectivity index (χ4v) is 6.71. The first kappa shape index (κ1) is 25.8. The minimum absolute atomic E-state index is 0.0226. The number of methoxy groups -OCH3 is 2. The molecule has 2 saturated heterocycles. The summed E-state index contributed by atoms with van der Waals surface area (Å²) in [4.78, 5) is 62.9. The van der Waals surface area contributed by atoms with Gasteiger partial charge in [-0.05, 0) is 37.1 Å². The van der Waals surface area contributed by atoms with Crippen molar-refractivity contribution in [3.63, 3.8) is 0 Å². The van der Waals surface area contributed by atoms with Gasteiger partial charge in [0.2, 0.25) is 0 Å². The van der Waals surface area contributed by atoms with Crippen molar-refractivity contribution in [2.24, 2.45) is 0 Å². The maximum Gasteiger partial charge on any atom is 0.358 e. The molecule has 0 radical (unpaired) electrons. The molecule has 0 aromatic heterocycles. The molecule has 4 aliphatic rings. The molecular weight excluding hydrogens is 520 g/mol. The Balaban J connectivity index is 1.71. The highest BCUT2D eigenvalue weighted by molar-refractivity contribution is 6.09. The number of hydrogen-bond donors (Lipinski definition) is 0. The van der Waals surface area contributed by atoms with Gasteiger partial charge in [0.1, 0.15) is 11.5 Å². The molecule has 2 aromatic carbocycles. The third kappa shape index (κ3) is 2.90. The van der Waals surface area contributed by atoms with Crippen LogP contribution in [0.4, 0.5) is 9.59 Å². The molecule has 0 N–H and O–H groups in total. The average molecular weight is 551 g/mol. The predicted molar refractivity (Wildman–Crippen MR) is 138 cm³/mol. The van der Waals surface area contributed by atoms with E-state index >= 15 is 0 Å². The smallest absolute Gasteiger partial charge is 0.358 e. The average Bonchev–Trinajstić information content (AvgIpc) is 3.13. The van der Waals surface area contributed by atoms with Crippen LogP contribution in [0.25, 0.3) is 0 Å². The lowest BCUT2D eigenvalue weighted by Crippen LogP contribution is -2.75. The van der Waals surface area contributed by atoms with Crippen LogP contribution in [-0.2, 0) is 45.2 Å². The fraction of sp³-hybridized carbons (Fsp3) is 0.429. The van der Waals surface area contributed by atoms with Crippen LogP contribution in [0, 0.1) is 0 Å². The van der Waals surface area contributed by atoms with E-state index in [1.807, 2.05) is 24.3 Å². The number of ether oxygens (including phenoxy) is 4. The third-order valence-corrected chi connectivity index (χ3v) is 8.29. The number of rotatable bonds is 6. The van der Waals surface area contributed by atoms with Crippen LogP contribution in [-0.4, -0.2) is 82.4 Å². The van der Waals surface area contributed by atoms with Crippen LogP contribution in [0.3, 0.4) is 0 Å². The van der Waals surface area contributed by atoms with Gasteiger partial charge >= 0.3 is 24.0 Å². The number of nitrogens with zero attached hydrogens (tertiary/aromatic N) is 4. The van der Waals surface area contributed by atoms with E-state index < -0.39 is 35.3 Å². The van der Waals surface area contributed by atoms with Gasteiger partial charge in [-0.25, -0.2) is 19.2 Å². The third-order valence-electron chi connectivity index (χ3n) is 8.29. The molecule has 2 fully saturated rings. The second-order valence-corrected chi connectivity index (χ2v) is 9.89. The van der Waals surface area contributed by atoms with Crippen molar-refractivity contribution in [1.82, 2.24) is 19.6 Å². The zero-order chi connectivity index (χ0) is 28.4. The normalized spacial score (nSPS) is 24.1. The van der Waals surface area contributed by atoms with E-state index in [1.165, 1.54) is 33.8 Å². The predicted octanol–water partition coefficient (Wildman–Crippen LogP) is 2.43. The van der Waals surface area contributed by atoms with Gasteiger partial charge < -0.3 is 18.9 Å². The maximum absolute atomic E-state index is 14.6. The molecule has 0 spiro atoms. The number of benzene rings is 2. The molecular formula is C28H30N4O8. The van der Waals surface area contributed by atoms with E-state index in [4.69, 9.17) is 18.9 Å². The molecule has 0 unspecified atom stereocenters. The second-order valence-electron chi connectivity index (χ2n) is 9.89. The molecule has 6 rings (SSSR count). The van der Waals surface area contributed by atoms with Gasteiger partial charge in [0, 0.05) is 11.1 Å². The Morgan fingerprint density at radius 2 is 1.05 bits per heavy atom. The Kier molecular flexibility index (Phi) is 5.82. The van der Waals surface area contributed by atoms with Crippen molar-refractivity contribution in [3.8, 4) is 11.5 Å². The van der Waals surface area contributed by atoms with Crippen molar-refractivity contribution in [1.29, 1.82) is 0 Å². The van der Waals surface area contributed by atoms with Gasteiger partial charge in [0.05, 0.1) is 53.6 Å². The maximum atomic E-state index is 14.6. The lowest BCUT2D eigenvalue weighted by Gasteiger charge is -2.43. The molecule has 12 nitrogen and oxygen atoms in total. The van der Waals surface area contributed by atoms with Crippen molar-refractivity contribution in [3.05, 3.63) is 58.7 Å². The molecule has 0 aliphatic carbocycles. The first-order valence-corrected chi connectivity index (χ1v) is 13.1. The van der Waals surface area contributed by atoms with Crippen LogP contribution in [0.5, 0.6) is 11.5 Å². The summed E-state index contributed by atoms with van der Waals surface area (Å²) < 4.78 is 22.5. The van der Waals surface area contributed by atoms with Gasteiger partial charge in [0.15, 0.2) is 0 Å². The van der Waals surface area contributed by atoms with Gasteiger partial charge in [-0.1, -0.05) is 24.3 Å². The van der Waals surface area contributed by atoms with Crippen LogP contribution < -0.4 is 9.47 Å². The molecule has 0 atom stereocenters. The molecule has 12 heteroatoms. The van der Waals surface area contributed by atoms with Gasteiger partial charge in [-0.2, -0.15) is 0 Å². The summed E-state index contributed by atoms with van der Waals surface area (Å²) in [6.45, 7) is 2.86.